The number of rotatable bonds is 1. The van der Waals surface area contributed by atoms with Crippen LogP contribution in [0.4, 0.5) is 0 Å². The van der Waals surface area contributed by atoms with Gasteiger partial charge in [0.15, 0.2) is 0 Å². The van der Waals surface area contributed by atoms with Crippen molar-refractivity contribution >= 4 is 22.7 Å². The second-order valence-corrected chi connectivity index (χ2v) is 4.16. The van der Waals surface area contributed by atoms with Crippen molar-refractivity contribution in [3.05, 3.63) is 23.8 Å². The number of fused-ring (bicyclic) bond motifs is 1. The summed E-state index contributed by atoms with van der Waals surface area (Å²) in [5, 5.41) is 14.7. The average Bonchev–Trinajstić information content (AvgIpc) is 2.75. The number of H-pyrrole nitrogens is 1. The SMILES string of the molecule is CC1CC(=O)NN=C1c1ccc2n[nH]nc2c1. The van der Waals surface area contributed by atoms with E-state index in [1.807, 2.05) is 25.1 Å². The second kappa shape index (κ2) is 3.65. The maximum atomic E-state index is 11.2. The van der Waals surface area contributed by atoms with E-state index >= 15 is 0 Å². The Hall–Kier alpha value is -2.24. The summed E-state index contributed by atoms with van der Waals surface area (Å²) in [4.78, 5) is 11.2. The quantitative estimate of drug-likeness (QED) is 0.759. The van der Waals surface area contributed by atoms with Crippen LogP contribution in [-0.2, 0) is 4.79 Å². The molecule has 1 amide bonds. The molecule has 1 atom stereocenters. The summed E-state index contributed by atoms with van der Waals surface area (Å²) < 4.78 is 0. The van der Waals surface area contributed by atoms with E-state index in [0.29, 0.717) is 6.42 Å². The number of carbonyl (C=O) groups excluding carboxylic acids is 1. The summed E-state index contributed by atoms with van der Waals surface area (Å²) >= 11 is 0. The van der Waals surface area contributed by atoms with Gasteiger partial charge < -0.3 is 0 Å². The van der Waals surface area contributed by atoms with Gasteiger partial charge in [0, 0.05) is 17.9 Å². The summed E-state index contributed by atoms with van der Waals surface area (Å²) in [5.74, 6) is 0.0804. The minimum Gasteiger partial charge on any atom is -0.273 e. The van der Waals surface area contributed by atoms with Crippen molar-refractivity contribution in [2.24, 2.45) is 11.0 Å². The number of aromatic nitrogens is 3. The Balaban J connectivity index is 2.05. The molecule has 0 aliphatic carbocycles. The van der Waals surface area contributed by atoms with Gasteiger partial charge >= 0.3 is 0 Å². The smallest absolute Gasteiger partial charge is 0.240 e. The van der Waals surface area contributed by atoms with Crippen molar-refractivity contribution in [2.75, 3.05) is 0 Å². The minimum atomic E-state index is -0.0382. The first-order valence-electron chi connectivity index (χ1n) is 5.41. The van der Waals surface area contributed by atoms with Crippen LogP contribution in [0.3, 0.4) is 0 Å². The zero-order chi connectivity index (χ0) is 11.8. The van der Waals surface area contributed by atoms with E-state index in [4.69, 9.17) is 0 Å². The number of hydrogen-bond acceptors (Lipinski definition) is 4. The Bertz CT molecular complexity index is 615. The fourth-order valence-electron chi connectivity index (χ4n) is 2.00. The summed E-state index contributed by atoms with van der Waals surface area (Å²) in [6.07, 6.45) is 0.468. The molecular formula is C11H11N5O. The number of benzene rings is 1. The molecule has 0 fully saturated rings. The van der Waals surface area contributed by atoms with Crippen molar-refractivity contribution in [2.45, 2.75) is 13.3 Å². The normalized spacial score (nSPS) is 20.2. The van der Waals surface area contributed by atoms with Crippen LogP contribution in [0, 0.1) is 5.92 Å². The number of nitrogens with zero attached hydrogens (tertiary/aromatic N) is 3. The van der Waals surface area contributed by atoms with Crippen LogP contribution in [-0.4, -0.2) is 27.0 Å². The standard InChI is InChI=1S/C11H11N5O/c1-6-4-10(17)14-15-11(6)7-2-3-8-9(5-7)13-16-12-8/h2-3,5-6H,4H2,1H3,(H,14,17)(H,12,13,16). The van der Waals surface area contributed by atoms with Gasteiger partial charge in [-0.15, -0.1) is 0 Å². The van der Waals surface area contributed by atoms with Crippen molar-refractivity contribution in [3.63, 3.8) is 0 Å². The Morgan fingerprint density at radius 2 is 2.12 bits per heavy atom. The van der Waals surface area contributed by atoms with Crippen molar-refractivity contribution in [1.29, 1.82) is 0 Å². The van der Waals surface area contributed by atoms with Gasteiger partial charge in [0.1, 0.15) is 11.0 Å². The van der Waals surface area contributed by atoms with Crippen LogP contribution in [0.5, 0.6) is 0 Å². The molecule has 2 heterocycles. The van der Waals surface area contributed by atoms with Crippen LogP contribution in [0.15, 0.2) is 23.3 Å². The molecular weight excluding hydrogens is 218 g/mol. The minimum absolute atomic E-state index is 0.0382. The fraction of sp³-hybridized carbons (Fsp3) is 0.273. The third-order valence-electron chi connectivity index (χ3n) is 2.87. The van der Waals surface area contributed by atoms with Gasteiger partial charge in [-0.25, -0.2) is 5.43 Å². The van der Waals surface area contributed by atoms with E-state index in [0.717, 1.165) is 22.3 Å². The Labute approximate surface area is 97.1 Å². The lowest BCUT2D eigenvalue weighted by Crippen LogP contribution is -2.31. The predicted octanol–water partition coefficient (Wildman–Crippen LogP) is 0.818. The van der Waals surface area contributed by atoms with E-state index in [-0.39, 0.29) is 11.8 Å². The fourth-order valence-corrected chi connectivity index (χ4v) is 2.00. The monoisotopic (exact) mass is 229 g/mol. The van der Waals surface area contributed by atoms with Crippen molar-refractivity contribution < 1.29 is 4.79 Å². The molecule has 6 heteroatoms. The van der Waals surface area contributed by atoms with Gasteiger partial charge in [0.2, 0.25) is 5.91 Å². The zero-order valence-electron chi connectivity index (χ0n) is 9.27. The summed E-state index contributed by atoms with van der Waals surface area (Å²) in [6.45, 7) is 1.99. The zero-order valence-corrected chi connectivity index (χ0v) is 9.27. The van der Waals surface area contributed by atoms with Crippen molar-refractivity contribution in [3.8, 4) is 0 Å². The number of amides is 1. The summed E-state index contributed by atoms with van der Waals surface area (Å²) in [5.41, 5.74) is 5.98. The van der Waals surface area contributed by atoms with Crippen LogP contribution in [0.2, 0.25) is 0 Å². The topological polar surface area (TPSA) is 83.0 Å². The molecule has 0 radical (unpaired) electrons. The second-order valence-electron chi connectivity index (χ2n) is 4.16. The van der Waals surface area contributed by atoms with Gasteiger partial charge in [-0.3, -0.25) is 4.79 Å². The van der Waals surface area contributed by atoms with Gasteiger partial charge in [-0.05, 0) is 12.1 Å². The van der Waals surface area contributed by atoms with Crippen molar-refractivity contribution in [1.82, 2.24) is 20.8 Å². The molecule has 2 N–H and O–H groups in total. The first-order valence-corrected chi connectivity index (χ1v) is 5.41. The molecule has 3 rings (SSSR count). The number of aromatic amines is 1. The van der Waals surface area contributed by atoms with Crippen LogP contribution >= 0.6 is 0 Å². The highest BCUT2D eigenvalue weighted by Crippen LogP contribution is 2.19. The van der Waals surface area contributed by atoms with E-state index in [1.165, 1.54) is 0 Å². The molecule has 1 aliphatic rings. The molecule has 1 unspecified atom stereocenters. The Morgan fingerprint density at radius 3 is 2.94 bits per heavy atom. The lowest BCUT2D eigenvalue weighted by molar-refractivity contribution is -0.121. The molecule has 0 saturated heterocycles. The number of carbonyl (C=O) groups is 1. The largest absolute Gasteiger partial charge is 0.273 e. The molecule has 2 aromatic rings. The first-order chi connectivity index (χ1) is 8.24. The molecule has 1 aromatic carbocycles. The van der Waals surface area contributed by atoms with E-state index in [2.05, 4.69) is 25.9 Å². The van der Waals surface area contributed by atoms with Gasteiger partial charge in [0.25, 0.3) is 0 Å². The molecule has 1 aromatic heterocycles. The van der Waals surface area contributed by atoms with Gasteiger partial charge in [-0.2, -0.15) is 20.5 Å². The molecule has 86 valence electrons. The maximum Gasteiger partial charge on any atom is 0.240 e. The molecule has 1 aliphatic heterocycles. The lowest BCUT2D eigenvalue weighted by atomic mass is 9.94. The average molecular weight is 229 g/mol. The Kier molecular flexibility index (Phi) is 2.14. The predicted molar refractivity (Wildman–Crippen MR) is 62.3 cm³/mol. The van der Waals surface area contributed by atoms with Crippen LogP contribution < -0.4 is 5.43 Å². The highest BCUT2D eigenvalue weighted by Gasteiger charge is 2.21. The first kappa shape index (κ1) is 9.95. The van der Waals surface area contributed by atoms with E-state index in [1.54, 1.807) is 0 Å². The molecule has 0 saturated carbocycles. The third-order valence-corrected chi connectivity index (χ3v) is 2.87. The molecule has 0 bridgehead atoms. The maximum absolute atomic E-state index is 11.2. The molecule has 6 nitrogen and oxygen atoms in total. The number of nitrogens with one attached hydrogen (secondary N) is 2. The molecule has 17 heavy (non-hydrogen) atoms. The number of hydrazone groups is 1. The number of hydrogen-bond donors (Lipinski definition) is 2. The highest BCUT2D eigenvalue weighted by atomic mass is 16.2. The Morgan fingerprint density at radius 1 is 1.29 bits per heavy atom. The highest BCUT2D eigenvalue weighted by molar-refractivity contribution is 6.07. The summed E-state index contributed by atoms with van der Waals surface area (Å²) in [7, 11) is 0. The molecule has 0 spiro atoms. The third kappa shape index (κ3) is 1.67. The van der Waals surface area contributed by atoms with E-state index in [9.17, 15) is 4.79 Å². The van der Waals surface area contributed by atoms with Gasteiger partial charge in [0.05, 0.1) is 5.71 Å². The van der Waals surface area contributed by atoms with Crippen LogP contribution in [0.25, 0.3) is 11.0 Å². The lowest BCUT2D eigenvalue weighted by Gasteiger charge is -2.18. The van der Waals surface area contributed by atoms with E-state index < -0.39 is 0 Å². The summed E-state index contributed by atoms with van der Waals surface area (Å²) in [6, 6.07) is 5.75. The van der Waals surface area contributed by atoms with Gasteiger partial charge in [-0.1, -0.05) is 13.0 Å². The van der Waals surface area contributed by atoms with Crippen LogP contribution in [0.1, 0.15) is 18.9 Å².